The lowest BCUT2D eigenvalue weighted by atomic mass is 10.2. The largest absolute Gasteiger partial charge is 0.377 e. The van der Waals surface area contributed by atoms with Crippen molar-refractivity contribution in [3.05, 3.63) is 29.8 Å². The third-order valence-electron chi connectivity index (χ3n) is 6.71. The SMILES string of the molecule is CCCC[N+](C)(C)CCOCCN(CCOCCOCC[N+](C)(C)CCCS(=O)(=O)O)c1cccc(C)c1. The van der Waals surface area contributed by atoms with E-state index in [9.17, 15) is 8.42 Å². The van der Waals surface area contributed by atoms with E-state index in [0.29, 0.717) is 50.5 Å². The zero-order valence-electron chi connectivity index (χ0n) is 24.9. The van der Waals surface area contributed by atoms with Gasteiger partial charge in [-0.1, -0.05) is 25.5 Å². The fourth-order valence-corrected chi connectivity index (χ4v) is 4.57. The summed E-state index contributed by atoms with van der Waals surface area (Å²) >= 11 is 0. The predicted molar refractivity (Wildman–Crippen MR) is 155 cm³/mol. The number of aryl methyl sites for hydroxylation is 1. The number of anilines is 1. The van der Waals surface area contributed by atoms with Gasteiger partial charge in [0.2, 0.25) is 0 Å². The molecule has 1 rings (SSSR count). The maximum Gasteiger partial charge on any atom is 0.265 e. The molecular formula is C28H55N3O6S+2. The standard InChI is InChI=1S/C28H54N3O6S/c1-7-8-15-30(3,4)17-21-35-19-13-29(28-12-9-11-27(2)26-28)14-20-36-23-24-37-22-18-31(5,6)16-10-25-38(32,33)34/h9,11-12,26H,7-8,10,13-25H2,1-6H3/q+1/p+1. The molecule has 1 aromatic rings. The van der Waals surface area contributed by atoms with Gasteiger partial charge in [-0.3, -0.25) is 4.55 Å². The lowest BCUT2D eigenvalue weighted by molar-refractivity contribution is -0.890. The summed E-state index contributed by atoms with van der Waals surface area (Å²) in [4.78, 5) is 2.32. The molecule has 0 aliphatic heterocycles. The first-order chi connectivity index (χ1) is 17.8. The second-order valence-corrected chi connectivity index (χ2v) is 13.0. The van der Waals surface area contributed by atoms with Crippen molar-refractivity contribution in [3.63, 3.8) is 0 Å². The van der Waals surface area contributed by atoms with Crippen LogP contribution >= 0.6 is 0 Å². The van der Waals surface area contributed by atoms with Crippen LogP contribution in [0.5, 0.6) is 0 Å². The maximum absolute atomic E-state index is 10.9. The number of hydrogen-bond donors (Lipinski definition) is 1. The second-order valence-electron chi connectivity index (χ2n) is 11.4. The molecule has 0 heterocycles. The quantitative estimate of drug-likeness (QED) is 0.125. The Balaban J connectivity index is 2.31. The van der Waals surface area contributed by atoms with Crippen LogP contribution in [0.4, 0.5) is 5.69 Å². The summed E-state index contributed by atoms with van der Waals surface area (Å²) in [7, 11) is 4.70. The van der Waals surface area contributed by atoms with E-state index in [-0.39, 0.29) is 5.75 Å². The van der Waals surface area contributed by atoms with Crippen LogP contribution in [-0.4, -0.2) is 135 Å². The van der Waals surface area contributed by atoms with Crippen LogP contribution in [0, 0.1) is 6.92 Å². The van der Waals surface area contributed by atoms with Crippen LogP contribution in [0.3, 0.4) is 0 Å². The summed E-state index contributed by atoms with van der Waals surface area (Å²) in [5, 5.41) is 0. The number of hydrogen-bond acceptors (Lipinski definition) is 6. The minimum Gasteiger partial charge on any atom is -0.377 e. The number of benzene rings is 1. The van der Waals surface area contributed by atoms with Gasteiger partial charge >= 0.3 is 0 Å². The summed E-state index contributed by atoms with van der Waals surface area (Å²) in [5.74, 6) is -0.203. The van der Waals surface area contributed by atoms with E-state index in [4.69, 9.17) is 18.8 Å². The highest BCUT2D eigenvalue weighted by Gasteiger charge is 2.17. The molecule has 0 bridgehead atoms. The van der Waals surface area contributed by atoms with E-state index in [1.54, 1.807) is 0 Å². The van der Waals surface area contributed by atoms with Crippen LogP contribution in [0.1, 0.15) is 31.7 Å². The molecule has 0 aromatic heterocycles. The minimum atomic E-state index is -3.90. The third-order valence-corrected chi connectivity index (χ3v) is 7.52. The van der Waals surface area contributed by atoms with E-state index in [2.05, 4.69) is 57.1 Å². The highest BCUT2D eigenvalue weighted by atomic mass is 32.2. The van der Waals surface area contributed by atoms with Gasteiger partial charge in [0.1, 0.15) is 13.1 Å². The van der Waals surface area contributed by atoms with Gasteiger partial charge in [0.25, 0.3) is 10.1 Å². The number of ether oxygens (including phenoxy) is 3. The lowest BCUT2D eigenvalue weighted by Gasteiger charge is -2.30. The zero-order chi connectivity index (χ0) is 28.5. The van der Waals surface area contributed by atoms with Gasteiger partial charge in [-0.2, -0.15) is 8.42 Å². The average molecular weight is 562 g/mol. The van der Waals surface area contributed by atoms with Gasteiger partial charge in [0.15, 0.2) is 0 Å². The van der Waals surface area contributed by atoms with Gasteiger partial charge in [-0.05, 0) is 31.0 Å². The molecule has 1 N–H and O–H groups in total. The van der Waals surface area contributed by atoms with Crippen LogP contribution in [-0.2, 0) is 24.3 Å². The molecule has 0 saturated heterocycles. The van der Waals surface area contributed by atoms with Crippen LogP contribution < -0.4 is 4.90 Å². The summed E-state index contributed by atoms with van der Waals surface area (Å²) in [6, 6.07) is 8.53. The molecule has 0 amide bonds. The Morgan fingerprint density at radius 3 is 1.84 bits per heavy atom. The third kappa shape index (κ3) is 18.1. The van der Waals surface area contributed by atoms with Gasteiger partial charge in [-0.15, -0.1) is 0 Å². The number of nitrogens with zero attached hydrogens (tertiary/aromatic N) is 3. The van der Waals surface area contributed by atoms with Crippen molar-refractivity contribution in [2.24, 2.45) is 0 Å². The first-order valence-corrected chi connectivity index (χ1v) is 15.6. The molecule has 0 atom stereocenters. The second kappa shape index (κ2) is 18.1. The average Bonchev–Trinajstić information content (AvgIpc) is 2.81. The van der Waals surface area contributed by atoms with Crippen LogP contribution in [0.15, 0.2) is 24.3 Å². The Hall–Kier alpha value is -1.27. The van der Waals surface area contributed by atoms with Crippen LogP contribution in [0.2, 0.25) is 0 Å². The zero-order valence-corrected chi connectivity index (χ0v) is 25.7. The number of rotatable bonds is 23. The van der Waals surface area contributed by atoms with Crippen molar-refractivity contribution >= 4 is 15.8 Å². The van der Waals surface area contributed by atoms with Gasteiger partial charge in [0, 0.05) is 25.2 Å². The Kier molecular flexibility index (Phi) is 16.6. The first kappa shape index (κ1) is 34.8. The first-order valence-electron chi connectivity index (χ1n) is 14.0. The molecular weight excluding hydrogens is 506 g/mol. The summed E-state index contributed by atoms with van der Waals surface area (Å²) in [6.45, 7) is 13.2. The number of likely N-dealkylation sites (N-methyl/N-ethyl adjacent to an activating group) is 2. The summed E-state index contributed by atoms with van der Waals surface area (Å²) in [5.41, 5.74) is 2.42. The molecule has 0 aliphatic rings. The van der Waals surface area contributed by atoms with E-state index in [1.807, 2.05) is 14.1 Å². The van der Waals surface area contributed by atoms with Crippen molar-refractivity contribution in [2.45, 2.75) is 33.1 Å². The fraction of sp³-hybridized carbons (Fsp3) is 0.786. The van der Waals surface area contributed by atoms with Gasteiger partial charge in [0.05, 0.1) is 86.7 Å². The van der Waals surface area contributed by atoms with E-state index in [1.165, 1.54) is 30.6 Å². The Labute approximate surface area is 232 Å². The normalized spacial score (nSPS) is 12.7. The minimum absolute atomic E-state index is 0.203. The molecule has 0 radical (unpaired) electrons. The summed E-state index contributed by atoms with van der Waals surface area (Å²) in [6.07, 6.45) is 2.89. The molecule has 0 fully saturated rings. The van der Waals surface area contributed by atoms with Crippen molar-refractivity contribution in [2.75, 3.05) is 118 Å². The number of unbranched alkanes of at least 4 members (excludes halogenated alkanes) is 1. The molecule has 38 heavy (non-hydrogen) atoms. The van der Waals surface area contributed by atoms with Crippen molar-refractivity contribution in [1.29, 1.82) is 0 Å². The molecule has 10 heteroatoms. The highest BCUT2D eigenvalue weighted by molar-refractivity contribution is 7.85. The highest BCUT2D eigenvalue weighted by Crippen LogP contribution is 2.15. The van der Waals surface area contributed by atoms with Gasteiger partial charge < -0.3 is 28.1 Å². The number of quaternary nitrogens is 2. The molecule has 0 spiro atoms. The Morgan fingerprint density at radius 1 is 0.789 bits per heavy atom. The van der Waals surface area contributed by atoms with E-state index < -0.39 is 10.1 Å². The molecule has 9 nitrogen and oxygen atoms in total. The molecule has 222 valence electrons. The summed E-state index contributed by atoms with van der Waals surface area (Å²) < 4.78 is 49.9. The molecule has 0 unspecified atom stereocenters. The van der Waals surface area contributed by atoms with Crippen molar-refractivity contribution < 1.29 is 36.1 Å². The predicted octanol–water partition coefficient (Wildman–Crippen LogP) is 3.08. The Bertz CT molecular complexity index is 864. The maximum atomic E-state index is 10.9. The van der Waals surface area contributed by atoms with Crippen molar-refractivity contribution in [3.8, 4) is 0 Å². The van der Waals surface area contributed by atoms with Crippen molar-refractivity contribution in [1.82, 2.24) is 0 Å². The molecule has 1 aromatic carbocycles. The monoisotopic (exact) mass is 561 g/mol. The van der Waals surface area contributed by atoms with E-state index >= 15 is 0 Å². The fourth-order valence-electron chi connectivity index (χ4n) is 4.08. The molecule has 0 saturated carbocycles. The lowest BCUT2D eigenvalue weighted by Crippen LogP contribution is -2.43. The molecule has 0 aliphatic carbocycles. The Morgan fingerprint density at radius 2 is 1.32 bits per heavy atom. The smallest absolute Gasteiger partial charge is 0.265 e. The van der Waals surface area contributed by atoms with Crippen LogP contribution in [0.25, 0.3) is 0 Å². The van der Waals surface area contributed by atoms with E-state index in [0.717, 1.165) is 37.3 Å². The van der Waals surface area contributed by atoms with Gasteiger partial charge in [-0.25, -0.2) is 0 Å². The topological polar surface area (TPSA) is 85.3 Å².